The maximum atomic E-state index is 12.9. The quantitative estimate of drug-likeness (QED) is 0.539. The number of nitrogens with zero attached hydrogens (tertiary/aromatic N) is 5. The van der Waals surface area contributed by atoms with E-state index in [9.17, 15) is 4.79 Å². The van der Waals surface area contributed by atoms with Gasteiger partial charge >= 0.3 is 0 Å². The highest BCUT2D eigenvalue weighted by Gasteiger charge is 2.17. The summed E-state index contributed by atoms with van der Waals surface area (Å²) < 4.78 is 0. The molecule has 1 N–H and O–H groups in total. The second kappa shape index (κ2) is 8.72. The maximum absolute atomic E-state index is 12.9. The molecule has 1 aromatic carbocycles. The molecule has 32 heavy (non-hydrogen) atoms. The Morgan fingerprint density at radius 2 is 1.75 bits per heavy atom. The summed E-state index contributed by atoms with van der Waals surface area (Å²) in [5, 5.41) is 4.95. The second-order valence-corrected chi connectivity index (χ2v) is 8.02. The number of carbonyl (C=O) groups is 1. The molecule has 0 atom stereocenters. The van der Waals surface area contributed by atoms with Crippen molar-refractivity contribution in [3.63, 3.8) is 0 Å². The molecule has 3 aromatic heterocycles. The van der Waals surface area contributed by atoms with Crippen molar-refractivity contribution in [1.82, 2.24) is 19.9 Å². The van der Waals surface area contributed by atoms with Crippen molar-refractivity contribution < 1.29 is 4.79 Å². The number of aromatic nitrogens is 3. The van der Waals surface area contributed by atoms with Gasteiger partial charge in [0.1, 0.15) is 11.6 Å². The van der Waals surface area contributed by atoms with Gasteiger partial charge in [0.25, 0.3) is 5.91 Å². The Bertz CT molecular complexity index is 1250. The summed E-state index contributed by atoms with van der Waals surface area (Å²) >= 11 is 0. The summed E-state index contributed by atoms with van der Waals surface area (Å²) in [4.78, 5) is 30.5. The molecule has 1 fully saturated rings. The fourth-order valence-electron chi connectivity index (χ4n) is 3.88. The van der Waals surface area contributed by atoms with Crippen LogP contribution in [-0.4, -0.2) is 59.0 Å². The minimum absolute atomic E-state index is 0.196. The van der Waals surface area contributed by atoms with Crippen molar-refractivity contribution in [2.75, 3.05) is 43.4 Å². The fraction of sp³-hybridized carbons (Fsp3) is 0.200. The van der Waals surface area contributed by atoms with Gasteiger partial charge in [-0.05, 0) is 48.3 Å². The van der Waals surface area contributed by atoms with Crippen molar-refractivity contribution in [2.24, 2.45) is 0 Å². The SMILES string of the molecule is CN1CCN(c2cc(C(=O)Nc3cc4cc(-c5cccnc5)ccc4cn3)ccn2)CC1. The molecule has 4 heterocycles. The Balaban J connectivity index is 1.36. The van der Waals surface area contributed by atoms with Crippen LogP contribution < -0.4 is 10.2 Å². The molecule has 160 valence electrons. The van der Waals surface area contributed by atoms with Crippen LogP contribution in [0.3, 0.4) is 0 Å². The molecule has 1 saturated heterocycles. The van der Waals surface area contributed by atoms with Crippen molar-refractivity contribution in [2.45, 2.75) is 0 Å². The van der Waals surface area contributed by atoms with E-state index in [0.717, 1.165) is 53.9 Å². The van der Waals surface area contributed by atoms with Crippen LogP contribution in [0.2, 0.25) is 0 Å². The van der Waals surface area contributed by atoms with E-state index >= 15 is 0 Å². The Hall–Kier alpha value is -3.84. The van der Waals surface area contributed by atoms with Gasteiger partial charge in [-0.1, -0.05) is 18.2 Å². The molecule has 1 aliphatic heterocycles. The van der Waals surface area contributed by atoms with Gasteiger partial charge in [-0.15, -0.1) is 0 Å². The Morgan fingerprint density at radius 1 is 0.875 bits per heavy atom. The second-order valence-electron chi connectivity index (χ2n) is 8.02. The number of rotatable bonds is 4. The molecule has 0 aliphatic carbocycles. The van der Waals surface area contributed by atoms with Gasteiger partial charge in [0, 0.05) is 67.5 Å². The number of hydrogen-bond acceptors (Lipinski definition) is 6. The summed E-state index contributed by atoms with van der Waals surface area (Å²) in [7, 11) is 2.12. The van der Waals surface area contributed by atoms with Crippen LogP contribution in [0, 0.1) is 0 Å². The number of benzene rings is 1. The van der Waals surface area contributed by atoms with Crippen molar-refractivity contribution >= 4 is 28.3 Å². The van der Waals surface area contributed by atoms with Crippen molar-refractivity contribution in [1.29, 1.82) is 0 Å². The van der Waals surface area contributed by atoms with E-state index in [1.165, 1.54) is 0 Å². The molecule has 0 bridgehead atoms. The molecular formula is C25H24N6O. The first-order valence-corrected chi connectivity index (χ1v) is 10.7. The summed E-state index contributed by atoms with van der Waals surface area (Å²) in [6.07, 6.45) is 7.07. The summed E-state index contributed by atoms with van der Waals surface area (Å²) in [6.45, 7) is 3.78. The van der Waals surface area contributed by atoms with Crippen LogP contribution in [0.15, 0.2) is 73.3 Å². The zero-order valence-corrected chi connectivity index (χ0v) is 17.9. The summed E-state index contributed by atoms with van der Waals surface area (Å²) in [6, 6.07) is 15.6. The number of piperazine rings is 1. The van der Waals surface area contributed by atoms with E-state index in [-0.39, 0.29) is 5.91 Å². The molecule has 1 aliphatic rings. The third-order valence-electron chi connectivity index (χ3n) is 5.79. The smallest absolute Gasteiger partial charge is 0.257 e. The van der Waals surface area contributed by atoms with E-state index in [1.54, 1.807) is 24.7 Å². The van der Waals surface area contributed by atoms with Gasteiger partial charge in [0.15, 0.2) is 0 Å². The molecule has 1 amide bonds. The van der Waals surface area contributed by atoms with Crippen LogP contribution in [0.5, 0.6) is 0 Å². The van der Waals surface area contributed by atoms with Crippen LogP contribution in [0.1, 0.15) is 10.4 Å². The molecule has 0 spiro atoms. The van der Waals surface area contributed by atoms with Crippen molar-refractivity contribution in [3.05, 3.63) is 78.9 Å². The monoisotopic (exact) mass is 424 g/mol. The molecule has 5 rings (SSSR count). The molecule has 4 aromatic rings. The first-order chi connectivity index (χ1) is 15.7. The number of amides is 1. The average Bonchev–Trinajstić information content (AvgIpc) is 2.84. The molecular weight excluding hydrogens is 400 g/mol. The average molecular weight is 425 g/mol. The molecule has 7 heteroatoms. The van der Waals surface area contributed by atoms with Gasteiger partial charge in [0.05, 0.1) is 0 Å². The minimum atomic E-state index is -0.196. The largest absolute Gasteiger partial charge is 0.354 e. The third-order valence-corrected chi connectivity index (χ3v) is 5.79. The lowest BCUT2D eigenvalue weighted by molar-refractivity contribution is 0.102. The number of anilines is 2. The van der Waals surface area contributed by atoms with Crippen LogP contribution in [0.4, 0.5) is 11.6 Å². The number of hydrogen-bond donors (Lipinski definition) is 1. The Labute approximate surface area is 186 Å². The lowest BCUT2D eigenvalue weighted by atomic mass is 10.0. The number of pyridine rings is 3. The van der Waals surface area contributed by atoms with Crippen LogP contribution >= 0.6 is 0 Å². The maximum Gasteiger partial charge on any atom is 0.257 e. The Kier molecular flexibility index (Phi) is 5.47. The molecule has 7 nitrogen and oxygen atoms in total. The number of fused-ring (bicyclic) bond motifs is 1. The Morgan fingerprint density at radius 3 is 2.56 bits per heavy atom. The van der Waals surface area contributed by atoms with E-state index in [1.807, 2.05) is 36.5 Å². The molecule has 0 unspecified atom stereocenters. The molecule has 0 radical (unpaired) electrons. The van der Waals surface area contributed by atoms with E-state index < -0.39 is 0 Å². The summed E-state index contributed by atoms with van der Waals surface area (Å²) in [5.41, 5.74) is 2.69. The van der Waals surface area contributed by atoms with Crippen LogP contribution in [0.25, 0.3) is 21.9 Å². The number of nitrogens with one attached hydrogen (secondary N) is 1. The first-order valence-electron chi connectivity index (χ1n) is 10.7. The topological polar surface area (TPSA) is 74.2 Å². The highest BCUT2D eigenvalue weighted by molar-refractivity contribution is 6.05. The van der Waals surface area contributed by atoms with Crippen molar-refractivity contribution in [3.8, 4) is 11.1 Å². The van der Waals surface area contributed by atoms with E-state index in [4.69, 9.17) is 0 Å². The number of likely N-dealkylation sites (N-methyl/N-ethyl adjacent to an activating group) is 1. The van der Waals surface area contributed by atoms with E-state index in [0.29, 0.717) is 11.4 Å². The molecule has 0 saturated carbocycles. The van der Waals surface area contributed by atoms with E-state index in [2.05, 4.69) is 49.2 Å². The minimum Gasteiger partial charge on any atom is -0.354 e. The highest BCUT2D eigenvalue weighted by Crippen LogP contribution is 2.25. The predicted molar refractivity (Wildman–Crippen MR) is 127 cm³/mol. The third kappa shape index (κ3) is 4.29. The van der Waals surface area contributed by atoms with Crippen LogP contribution in [-0.2, 0) is 0 Å². The summed E-state index contributed by atoms with van der Waals surface area (Å²) in [5.74, 6) is 1.15. The standard InChI is InChI=1S/C25H24N6O/c1-30-9-11-31(12-10-30)24-15-19(6-8-27-24)25(32)29-23-14-22-13-18(4-5-21(22)17-28-23)20-3-2-7-26-16-20/h2-8,13-17H,9-12H2,1H3,(H,28,29,32). The van der Waals surface area contributed by atoms with Gasteiger partial charge < -0.3 is 15.1 Å². The van der Waals surface area contributed by atoms with Gasteiger partial charge in [-0.2, -0.15) is 0 Å². The van der Waals surface area contributed by atoms with Gasteiger partial charge in [0.2, 0.25) is 0 Å². The fourth-order valence-corrected chi connectivity index (χ4v) is 3.88. The lowest BCUT2D eigenvalue weighted by Gasteiger charge is -2.33. The number of carbonyl (C=O) groups excluding carboxylic acids is 1. The predicted octanol–water partition coefficient (Wildman–Crippen LogP) is 3.70. The zero-order chi connectivity index (χ0) is 21.9. The lowest BCUT2D eigenvalue weighted by Crippen LogP contribution is -2.44. The van der Waals surface area contributed by atoms with Gasteiger partial charge in [-0.25, -0.2) is 9.97 Å². The first kappa shape index (κ1) is 20.1. The zero-order valence-electron chi connectivity index (χ0n) is 17.9. The normalized spacial score (nSPS) is 14.5. The highest BCUT2D eigenvalue weighted by atomic mass is 16.1. The van der Waals surface area contributed by atoms with Gasteiger partial charge in [-0.3, -0.25) is 9.78 Å².